The zero-order valence-electron chi connectivity index (χ0n) is 9.83. The number of aromatic nitrogens is 1. The van der Waals surface area contributed by atoms with E-state index in [1.54, 1.807) is 0 Å². The molecule has 1 N–H and O–H groups in total. The van der Waals surface area contributed by atoms with Crippen LogP contribution in [0, 0.1) is 6.92 Å². The van der Waals surface area contributed by atoms with Gasteiger partial charge in [0.05, 0.1) is 10.5 Å². The van der Waals surface area contributed by atoms with Gasteiger partial charge in [0.1, 0.15) is 0 Å². The van der Waals surface area contributed by atoms with Crippen molar-refractivity contribution in [1.82, 2.24) is 10.3 Å². The summed E-state index contributed by atoms with van der Waals surface area (Å²) in [6, 6.07) is 8.85. The Kier molecular flexibility index (Phi) is 2.77. The SMILES string of the molecule is Cc1cc(CNC2CC2)c2cccc(Cl)c2n1. The molecule has 1 aromatic heterocycles. The zero-order chi connectivity index (χ0) is 11.8. The number of hydrogen-bond acceptors (Lipinski definition) is 2. The molecule has 0 bridgehead atoms. The van der Waals surface area contributed by atoms with Crippen LogP contribution in [-0.2, 0) is 6.54 Å². The first-order valence-electron chi connectivity index (χ1n) is 6.02. The summed E-state index contributed by atoms with van der Waals surface area (Å²) >= 11 is 6.19. The third-order valence-electron chi connectivity index (χ3n) is 3.16. The van der Waals surface area contributed by atoms with E-state index in [-0.39, 0.29) is 0 Å². The maximum atomic E-state index is 6.19. The van der Waals surface area contributed by atoms with Crippen LogP contribution >= 0.6 is 11.6 Å². The molecule has 0 amide bonds. The van der Waals surface area contributed by atoms with Crippen molar-refractivity contribution in [3.8, 4) is 0 Å². The lowest BCUT2D eigenvalue weighted by atomic mass is 10.1. The molecule has 3 rings (SSSR count). The predicted molar refractivity (Wildman–Crippen MR) is 71.4 cm³/mol. The predicted octanol–water partition coefficient (Wildman–Crippen LogP) is 3.45. The fourth-order valence-electron chi connectivity index (χ4n) is 2.11. The van der Waals surface area contributed by atoms with Crippen molar-refractivity contribution in [2.75, 3.05) is 0 Å². The van der Waals surface area contributed by atoms with E-state index in [2.05, 4.69) is 22.4 Å². The van der Waals surface area contributed by atoms with Crippen LogP contribution in [0.25, 0.3) is 10.9 Å². The van der Waals surface area contributed by atoms with Gasteiger partial charge in [-0.1, -0.05) is 23.7 Å². The highest BCUT2D eigenvalue weighted by atomic mass is 35.5. The Labute approximate surface area is 106 Å². The second-order valence-electron chi connectivity index (χ2n) is 4.71. The van der Waals surface area contributed by atoms with Crippen LogP contribution in [0.2, 0.25) is 5.02 Å². The van der Waals surface area contributed by atoms with Gasteiger partial charge >= 0.3 is 0 Å². The number of nitrogens with one attached hydrogen (secondary N) is 1. The largest absolute Gasteiger partial charge is 0.310 e. The minimum absolute atomic E-state index is 0.720. The molecule has 1 aromatic carbocycles. The van der Waals surface area contributed by atoms with Gasteiger partial charge in [-0.2, -0.15) is 0 Å². The van der Waals surface area contributed by atoms with E-state index in [1.807, 2.05) is 19.1 Å². The molecular formula is C14H15ClN2. The highest BCUT2D eigenvalue weighted by Gasteiger charge is 2.20. The van der Waals surface area contributed by atoms with Gasteiger partial charge in [0.2, 0.25) is 0 Å². The van der Waals surface area contributed by atoms with Crippen molar-refractivity contribution < 1.29 is 0 Å². The Bertz CT molecular complexity index is 561. The van der Waals surface area contributed by atoms with Gasteiger partial charge in [-0.15, -0.1) is 0 Å². The molecule has 0 saturated heterocycles. The van der Waals surface area contributed by atoms with Crippen molar-refractivity contribution >= 4 is 22.5 Å². The molecule has 3 heteroatoms. The Morgan fingerprint density at radius 2 is 2.24 bits per heavy atom. The lowest BCUT2D eigenvalue weighted by molar-refractivity contribution is 0.690. The molecule has 1 aliphatic carbocycles. The summed E-state index contributed by atoms with van der Waals surface area (Å²) in [7, 11) is 0. The molecule has 1 fully saturated rings. The van der Waals surface area contributed by atoms with E-state index in [4.69, 9.17) is 11.6 Å². The summed E-state index contributed by atoms with van der Waals surface area (Å²) in [5, 5.41) is 5.44. The van der Waals surface area contributed by atoms with Crippen LogP contribution in [0.5, 0.6) is 0 Å². The molecule has 17 heavy (non-hydrogen) atoms. The molecule has 1 heterocycles. The van der Waals surface area contributed by atoms with Gasteiger partial charge in [-0.05, 0) is 37.5 Å². The van der Waals surface area contributed by atoms with Crippen molar-refractivity contribution in [3.63, 3.8) is 0 Å². The number of para-hydroxylation sites is 1. The van der Waals surface area contributed by atoms with Crippen LogP contribution in [-0.4, -0.2) is 11.0 Å². The molecule has 1 saturated carbocycles. The first kappa shape index (κ1) is 11.0. The van der Waals surface area contributed by atoms with Crippen molar-refractivity contribution in [3.05, 3.63) is 40.5 Å². The van der Waals surface area contributed by atoms with Gasteiger partial charge in [0.25, 0.3) is 0 Å². The molecular weight excluding hydrogens is 232 g/mol. The molecule has 0 atom stereocenters. The Morgan fingerprint density at radius 1 is 1.41 bits per heavy atom. The second-order valence-corrected chi connectivity index (χ2v) is 5.12. The number of aryl methyl sites for hydroxylation is 1. The van der Waals surface area contributed by atoms with Gasteiger partial charge in [0, 0.05) is 23.7 Å². The number of halogens is 1. The molecule has 1 aliphatic rings. The summed E-state index contributed by atoms with van der Waals surface area (Å²) in [6.07, 6.45) is 2.62. The van der Waals surface area contributed by atoms with E-state index in [9.17, 15) is 0 Å². The van der Waals surface area contributed by atoms with Crippen LogP contribution in [0.4, 0.5) is 0 Å². The number of hydrogen-bond donors (Lipinski definition) is 1. The molecule has 0 radical (unpaired) electrons. The molecule has 2 nitrogen and oxygen atoms in total. The highest BCUT2D eigenvalue weighted by molar-refractivity contribution is 6.35. The van der Waals surface area contributed by atoms with Crippen LogP contribution in [0.1, 0.15) is 24.1 Å². The van der Waals surface area contributed by atoms with Gasteiger partial charge < -0.3 is 5.32 Å². The topological polar surface area (TPSA) is 24.9 Å². The number of benzene rings is 1. The quantitative estimate of drug-likeness (QED) is 0.897. The van der Waals surface area contributed by atoms with Crippen molar-refractivity contribution in [1.29, 1.82) is 0 Å². The summed E-state index contributed by atoms with van der Waals surface area (Å²) < 4.78 is 0. The fourth-order valence-corrected chi connectivity index (χ4v) is 2.33. The lowest BCUT2D eigenvalue weighted by Gasteiger charge is -2.09. The Balaban J connectivity index is 2.05. The van der Waals surface area contributed by atoms with Gasteiger partial charge in [-0.25, -0.2) is 0 Å². The standard InChI is InChI=1S/C14H15ClN2/c1-9-7-10(8-16-11-5-6-11)12-3-2-4-13(15)14(12)17-9/h2-4,7,11,16H,5-6,8H2,1H3. The molecule has 88 valence electrons. The third-order valence-corrected chi connectivity index (χ3v) is 3.47. The minimum atomic E-state index is 0.720. The maximum Gasteiger partial charge on any atom is 0.0894 e. The van der Waals surface area contributed by atoms with E-state index in [0.29, 0.717) is 0 Å². The Morgan fingerprint density at radius 3 is 3.00 bits per heavy atom. The average Bonchev–Trinajstić information content (AvgIpc) is 3.11. The van der Waals surface area contributed by atoms with Crippen LogP contribution in [0.3, 0.4) is 0 Å². The number of nitrogens with zero attached hydrogens (tertiary/aromatic N) is 1. The summed E-state index contributed by atoms with van der Waals surface area (Å²) in [5.74, 6) is 0. The van der Waals surface area contributed by atoms with E-state index in [0.717, 1.165) is 34.2 Å². The average molecular weight is 247 g/mol. The van der Waals surface area contributed by atoms with Crippen LogP contribution < -0.4 is 5.32 Å². The zero-order valence-corrected chi connectivity index (χ0v) is 10.6. The van der Waals surface area contributed by atoms with E-state index in [1.165, 1.54) is 18.4 Å². The molecule has 0 spiro atoms. The van der Waals surface area contributed by atoms with Gasteiger partial charge in [0.15, 0.2) is 0 Å². The smallest absolute Gasteiger partial charge is 0.0894 e. The maximum absolute atomic E-state index is 6.19. The fraction of sp³-hybridized carbons (Fsp3) is 0.357. The first-order chi connectivity index (χ1) is 8.24. The van der Waals surface area contributed by atoms with Gasteiger partial charge in [-0.3, -0.25) is 4.98 Å². The van der Waals surface area contributed by atoms with E-state index < -0.39 is 0 Å². The number of fused-ring (bicyclic) bond motifs is 1. The summed E-state index contributed by atoms with van der Waals surface area (Å²) in [4.78, 5) is 4.52. The van der Waals surface area contributed by atoms with E-state index >= 15 is 0 Å². The first-order valence-corrected chi connectivity index (χ1v) is 6.40. The normalized spacial score (nSPS) is 15.4. The molecule has 0 aliphatic heterocycles. The van der Waals surface area contributed by atoms with Crippen LogP contribution in [0.15, 0.2) is 24.3 Å². The second kappa shape index (κ2) is 4.28. The number of pyridine rings is 1. The Hall–Kier alpha value is -1.12. The van der Waals surface area contributed by atoms with Crippen molar-refractivity contribution in [2.45, 2.75) is 32.4 Å². The summed E-state index contributed by atoms with van der Waals surface area (Å²) in [6.45, 7) is 2.92. The minimum Gasteiger partial charge on any atom is -0.310 e. The monoisotopic (exact) mass is 246 g/mol. The van der Waals surface area contributed by atoms with Crippen molar-refractivity contribution in [2.24, 2.45) is 0 Å². The molecule has 2 aromatic rings. The third kappa shape index (κ3) is 2.28. The molecule has 0 unspecified atom stereocenters. The number of rotatable bonds is 3. The highest BCUT2D eigenvalue weighted by Crippen LogP contribution is 2.26. The summed E-state index contributed by atoms with van der Waals surface area (Å²) in [5.41, 5.74) is 3.24. The lowest BCUT2D eigenvalue weighted by Crippen LogP contribution is -2.15.